The number of aliphatic hydroxyl groups is 1. The number of piperazine rings is 1. The third-order valence-electron chi connectivity index (χ3n) is 5.91. The van der Waals surface area contributed by atoms with E-state index in [0.717, 1.165) is 22.4 Å². The summed E-state index contributed by atoms with van der Waals surface area (Å²) in [6.07, 6.45) is 0. The standard InChI is InChI=1S/C24H24N2O4/c1-16(28)25-13-21-24(22(15-27)26(21)23(29)14-25)19-10-8-17(9-11-19)6-7-18-4-3-5-20(12-18)30-2/h3-5,8-12,21-22,24,27H,13-15H2,1-2H3/t21-,22-,24+/m0/s1. The molecule has 154 valence electrons. The zero-order valence-corrected chi connectivity index (χ0v) is 17.0. The third kappa shape index (κ3) is 3.64. The van der Waals surface area contributed by atoms with Crippen LogP contribution < -0.4 is 4.74 Å². The van der Waals surface area contributed by atoms with E-state index in [2.05, 4.69) is 11.8 Å². The lowest BCUT2D eigenvalue weighted by Gasteiger charge is -2.58. The van der Waals surface area contributed by atoms with E-state index in [1.165, 1.54) is 6.92 Å². The first-order valence-electron chi connectivity index (χ1n) is 9.95. The number of aliphatic hydroxyl groups excluding tert-OH is 1. The minimum absolute atomic E-state index is 0.00138. The molecule has 0 radical (unpaired) electrons. The number of carbonyl (C=O) groups is 2. The van der Waals surface area contributed by atoms with Gasteiger partial charge in [0.1, 0.15) is 5.75 Å². The average molecular weight is 404 g/mol. The minimum Gasteiger partial charge on any atom is -0.497 e. The molecular weight excluding hydrogens is 380 g/mol. The van der Waals surface area contributed by atoms with E-state index in [-0.39, 0.29) is 43.0 Å². The van der Waals surface area contributed by atoms with Gasteiger partial charge in [-0.15, -0.1) is 0 Å². The Morgan fingerprint density at radius 1 is 1.17 bits per heavy atom. The van der Waals surface area contributed by atoms with Crippen LogP contribution in [0.3, 0.4) is 0 Å². The van der Waals surface area contributed by atoms with E-state index in [1.807, 2.05) is 48.5 Å². The number of hydrogen-bond acceptors (Lipinski definition) is 4. The molecule has 2 heterocycles. The van der Waals surface area contributed by atoms with Gasteiger partial charge >= 0.3 is 0 Å². The topological polar surface area (TPSA) is 70.1 Å². The fourth-order valence-corrected chi connectivity index (χ4v) is 4.37. The van der Waals surface area contributed by atoms with Gasteiger partial charge in [-0.05, 0) is 35.9 Å². The van der Waals surface area contributed by atoms with Gasteiger partial charge in [-0.1, -0.05) is 30.0 Å². The van der Waals surface area contributed by atoms with Gasteiger partial charge in [0.2, 0.25) is 11.8 Å². The molecule has 2 aliphatic heterocycles. The Hall–Kier alpha value is -3.30. The normalized spacial score (nSPS) is 22.5. The van der Waals surface area contributed by atoms with Gasteiger partial charge in [-0.2, -0.15) is 0 Å². The molecule has 30 heavy (non-hydrogen) atoms. The van der Waals surface area contributed by atoms with Crippen LogP contribution in [0.4, 0.5) is 0 Å². The highest BCUT2D eigenvalue weighted by atomic mass is 16.5. The van der Waals surface area contributed by atoms with Gasteiger partial charge < -0.3 is 19.6 Å². The van der Waals surface area contributed by atoms with Crippen LogP contribution in [-0.2, 0) is 9.59 Å². The Kier molecular flexibility index (Phi) is 5.47. The molecule has 2 aromatic carbocycles. The second-order valence-electron chi connectivity index (χ2n) is 7.65. The molecule has 2 amide bonds. The van der Waals surface area contributed by atoms with Crippen molar-refractivity contribution in [1.82, 2.24) is 9.80 Å². The first-order valence-corrected chi connectivity index (χ1v) is 9.95. The van der Waals surface area contributed by atoms with Crippen molar-refractivity contribution >= 4 is 11.8 Å². The van der Waals surface area contributed by atoms with E-state index in [0.29, 0.717) is 6.54 Å². The molecule has 4 rings (SSSR count). The Morgan fingerprint density at radius 3 is 2.57 bits per heavy atom. The van der Waals surface area contributed by atoms with E-state index >= 15 is 0 Å². The molecular formula is C24H24N2O4. The summed E-state index contributed by atoms with van der Waals surface area (Å²) >= 11 is 0. The molecule has 0 aliphatic carbocycles. The summed E-state index contributed by atoms with van der Waals surface area (Å²) in [7, 11) is 1.63. The van der Waals surface area contributed by atoms with Crippen molar-refractivity contribution in [3.8, 4) is 17.6 Å². The lowest BCUT2D eigenvalue weighted by Crippen LogP contribution is -2.73. The summed E-state index contributed by atoms with van der Waals surface area (Å²) in [5.74, 6) is 6.86. The number of hydrogen-bond donors (Lipinski definition) is 1. The van der Waals surface area contributed by atoms with Gasteiger partial charge in [0.25, 0.3) is 0 Å². The van der Waals surface area contributed by atoms with E-state index in [9.17, 15) is 14.7 Å². The highest BCUT2D eigenvalue weighted by molar-refractivity contribution is 5.87. The van der Waals surface area contributed by atoms with Crippen LogP contribution in [0.25, 0.3) is 0 Å². The minimum atomic E-state index is -0.245. The maximum absolute atomic E-state index is 12.4. The Balaban J connectivity index is 1.53. The van der Waals surface area contributed by atoms with Crippen molar-refractivity contribution < 1.29 is 19.4 Å². The molecule has 0 spiro atoms. The first-order chi connectivity index (χ1) is 14.5. The van der Waals surface area contributed by atoms with Crippen LogP contribution in [0.5, 0.6) is 5.75 Å². The summed E-state index contributed by atoms with van der Waals surface area (Å²) in [5, 5.41) is 9.85. The average Bonchev–Trinajstić information content (AvgIpc) is 2.74. The van der Waals surface area contributed by atoms with Crippen LogP contribution >= 0.6 is 0 Å². The number of methoxy groups -OCH3 is 1. The predicted molar refractivity (Wildman–Crippen MR) is 112 cm³/mol. The maximum Gasteiger partial charge on any atom is 0.242 e. The third-order valence-corrected chi connectivity index (χ3v) is 5.91. The molecule has 2 aliphatic rings. The van der Waals surface area contributed by atoms with Gasteiger partial charge in [0.15, 0.2) is 0 Å². The van der Waals surface area contributed by atoms with E-state index in [4.69, 9.17) is 4.74 Å². The highest BCUT2D eigenvalue weighted by Crippen LogP contribution is 2.42. The molecule has 6 heteroatoms. The van der Waals surface area contributed by atoms with Crippen molar-refractivity contribution in [3.63, 3.8) is 0 Å². The van der Waals surface area contributed by atoms with Gasteiger partial charge in [0, 0.05) is 30.5 Å². The number of carbonyl (C=O) groups excluding carboxylic acids is 2. The Morgan fingerprint density at radius 2 is 1.90 bits per heavy atom. The van der Waals surface area contributed by atoms with Gasteiger partial charge in [0.05, 0.1) is 32.3 Å². The number of fused-ring (bicyclic) bond motifs is 1. The molecule has 1 N–H and O–H groups in total. The molecule has 0 saturated carbocycles. The van der Waals surface area contributed by atoms with Crippen molar-refractivity contribution in [3.05, 3.63) is 65.2 Å². The van der Waals surface area contributed by atoms with Gasteiger partial charge in [-0.3, -0.25) is 9.59 Å². The molecule has 0 bridgehead atoms. The van der Waals surface area contributed by atoms with Crippen molar-refractivity contribution in [2.45, 2.75) is 24.9 Å². The zero-order chi connectivity index (χ0) is 21.3. The zero-order valence-electron chi connectivity index (χ0n) is 17.0. The molecule has 0 unspecified atom stereocenters. The van der Waals surface area contributed by atoms with Crippen molar-refractivity contribution in [2.75, 3.05) is 26.8 Å². The van der Waals surface area contributed by atoms with Crippen LogP contribution in [0.15, 0.2) is 48.5 Å². The van der Waals surface area contributed by atoms with Crippen molar-refractivity contribution in [1.29, 1.82) is 0 Å². The number of ether oxygens (including phenoxy) is 1. The summed E-state index contributed by atoms with van der Waals surface area (Å²) in [4.78, 5) is 27.5. The summed E-state index contributed by atoms with van der Waals surface area (Å²) in [6, 6.07) is 15.2. The molecule has 6 nitrogen and oxygen atoms in total. The van der Waals surface area contributed by atoms with E-state index in [1.54, 1.807) is 16.9 Å². The number of benzene rings is 2. The number of rotatable bonds is 3. The van der Waals surface area contributed by atoms with Crippen LogP contribution in [0.1, 0.15) is 29.5 Å². The SMILES string of the molecule is COc1cccc(C#Cc2ccc([C@H]3[C@H](CO)N4C(=O)CN(C(C)=O)C[C@@H]34)cc2)c1. The van der Waals surface area contributed by atoms with Crippen molar-refractivity contribution in [2.24, 2.45) is 0 Å². The second-order valence-corrected chi connectivity index (χ2v) is 7.65. The molecule has 3 atom stereocenters. The summed E-state index contributed by atoms with van der Waals surface area (Å²) < 4.78 is 5.22. The maximum atomic E-state index is 12.4. The predicted octanol–water partition coefficient (Wildman–Crippen LogP) is 1.61. The van der Waals surface area contributed by atoms with Crippen LogP contribution in [-0.4, -0.2) is 65.6 Å². The number of nitrogens with zero attached hydrogens (tertiary/aromatic N) is 2. The molecule has 2 saturated heterocycles. The Labute approximate surface area is 176 Å². The van der Waals surface area contributed by atoms with Crippen LogP contribution in [0, 0.1) is 11.8 Å². The fourth-order valence-electron chi connectivity index (χ4n) is 4.37. The van der Waals surface area contributed by atoms with Crippen LogP contribution in [0.2, 0.25) is 0 Å². The number of amides is 2. The fraction of sp³-hybridized carbons (Fsp3) is 0.333. The lowest BCUT2D eigenvalue weighted by atomic mass is 9.73. The summed E-state index contributed by atoms with van der Waals surface area (Å²) in [6.45, 7) is 1.98. The monoisotopic (exact) mass is 404 g/mol. The quantitative estimate of drug-likeness (QED) is 0.790. The largest absolute Gasteiger partial charge is 0.497 e. The molecule has 0 aromatic heterocycles. The highest BCUT2D eigenvalue weighted by Gasteiger charge is 2.54. The first kappa shape index (κ1) is 20.0. The lowest BCUT2D eigenvalue weighted by molar-refractivity contribution is -0.166. The van der Waals surface area contributed by atoms with E-state index < -0.39 is 0 Å². The molecule has 2 aromatic rings. The smallest absolute Gasteiger partial charge is 0.242 e. The summed E-state index contributed by atoms with van der Waals surface area (Å²) in [5.41, 5.74) is 2.79. The Bertz CT molecular complexity index is 1020. The van der Waals surface area contributed by atoms with Gasteiger partial charge in [-0.25, -0.2) is 0 Å². The molecule has 2 fully saturated rings. The second kappa shape index (κ2) is 8.21.